The highest BCUT2D eigenvalue weighted by Crippen LogP contribution is 2.24. The molecule has 0 bridgehead atoms. The highest BCUT2D eigenvalue weighted by atomic mass is 32.2. The first-order chi connectivity index (χ1) is 14.4. The van der Waals surface area contributed by atoms with E-state index >= 15 is 0 Å². The molecule has 0 saturated carbocycles. The molecular weight excluding hydrogens is 410 g/mol. The van der Waals surface area contributed by atoms with Crippen LogP contribution in [0.1, 0.15) is 12.8 Å². The number of piperidine rings is 1. The maximum atomic E-state index is 12.6. The SMILES string of the molecule is COc1ccc(NC(=O)COC(=O)C2CCN(S(=O)(=O)c3cccnc3)CC2)cc1. The number of hydrogen-bond donors (Lipinski definition) is 1. The summed E-state index contributed by atoms with van der Waals surface area (Å²) in [6, 6.07) is 9.82. The Kier molecular flexibility index (Phi) is 7.01. The number of benzene rings is 1. The zero-order valence-corrected chi connectivity index (χ0v) is 17.3. The van der Waals surface area contributed by atoms with E-state index in [2.05, 4.69) is 10.3 Å². The quantitative estimate of drug-likeness (QED) is 0.661. The minimum atomic E-state index is -3.63. The lowest BCUT2D eigenvalue weighted by atomic mass is 9.98. The van der Waals surface area contributed by atoms with Crippen molar-refractivity contribution in [1.29, 1.82) is 0 Å². The van der Waals surface area contributed by atoms with Gasteiger partial charge in [0.25, 0.3) is 5.91 Å². The molecule has 2 aromatic rings. The standard InChI is InChI=1S/C20H23N3O6S/c1-28-17-6-4-16(5-7-17)22-19(24)14-29-20(25)15-8-11-23(12-9-15)30(26,27)18-3-2-10-21-13-18/h2-7,10,13,15H,8-9,11-12,14H2,1H3,(H,22,24). The molecule has 3 rings (SSSR count). The van der Waals surface area contributed by atoms with Gasteiger partial charge in [0.2, 0.25) is 10.0 Å². The zero-order chi connectivity index (χ0) is 21.6. The largest absolute Gasteiger partial charge is 0.497 e. The maximum Gasteiger partial charge on any atom is 0.309 e. The molecule has 1 N–H and O–H groups in total. The van der Waals surface area contributed by atoms with Crippen molar-refractivity contribution < 1.29 is 27.5 Å². The van der Waals surface area contributed by atoms with E-state index < -0.39 is 34.4 Å². The molecule has 30 heavy (non-hydrogen) atoms. The summed E-state index contributed by atoms with van der Waals surface area (Å²) in [6.45, 7) is 0.00311. The fraction of sp³-hybridized carbons (Fsp3) is 0.350. The van der Waals surface area contributed by atoms with Crippen molar-refractivity contribution in [2.75, 3.05) is 32.1 Å². The Morgan fingerprint density at radius 2 is 1.87 bits per heavy atom. The number of rotatable bonds is 7. The van der Waals surface area contributed by atoms with E-state index in [-0.39, 0.29) is 18.0 Å². The van der Waals surface area contributed by atoms with Gasteiger partial charge in [0, 0.05) is 31.2 Å². The van der Waals surface area contributed by atoms with Gasteiger partial charge in [-0.05, 0) is 49.2 Å². The molecule has 9 nitrogen and oxygen atoms in total. The van der Waals surface area contributed by atoms with Crippen molar-refractivity contribution in [2.24, 2.45) is 5.92 Å². The molecule has 10 heteroatoms. The molecule has 1 amide bonds. The van der Waals surface area contributed by atoms with Gasteiger partial charge in [-0.3, -0.25) is 14.6 Å². The van der Waals surface area contributed by atoms with Gasteiger partial charge < -0.3 is 14.8 Å². The van der Waals surface area contributed by atoms with Crippen LogP contribution < -0.4 is 10.1 Å². The van der Waals surface area contributed by atoms with Gasteiger partial charge in [0.1, 0.15) is 10.6 Å². The van der Waals surface area contributed by atoms with Crippen LogP contribution >= 0.6 is 0 Å². The molecule has 0 spiro atoms. The molecule has 1 saturated heterocycles. The lowest BCUT2D eigenvalue weighted by Gasteiger charge is -2.29. The van der Waals surface area contributed by atoms with Gasteiger partial charge in [-0.15, -0.1) is 0 Å². The van der Waals surface area contributed by atoms with Crippen LogP contribution in [0.2, 0.25) is 0 Å². The summed E-state index contributed by atoms with van der Waals surface area (Å²) in [5.74, 6) is -0.737. The van der Waals surface area contributed by atoms with Crippen LogP contribution in [0, 0.1) is 5.92 Å². The molecule has 0 unspecified atom stereocenters. The molecule has 2 heterocycles. The van der Waals surface area contributed by atoms with Crippen LogP contribution in [0.15, 0.2) is 53.7 Å². The second-order valence-corrected chi connectivity index (χ2v) is 8.69. The average molecular weight is 433 g/mol. The fourth-order valence-corrected chi connectivity index (χ4v) is 4.54. The number of pyridine rings is 1. The maximum absolute atomic E-state index is 12.6. The molecule has 1 aromatic heterocycles. The summed E-state index contributed by atoms with van der Waals surface area (Å²) in [5, 5.41) is 2.63. The van der Waals surface area contributed by atoms with Gasteiger partial charge in [-0.25, -0.2) is 8.42 Å². The van der Waals surface area contributed by atoms with Gasteiger partial charge in [0.15, 0.2) is 6.61 Å². The Bertz CT molecular complexity index is 971. The van der Waals surface area contributed by atoms with E-state index in [1.165, 1.54) is 22.8 Å². The summed E-state index contributed by atoms with van der Waals surface area (Å²) >= 11 is 0. The molecule has 160 valence electrons. The molecular formula is C20H23N3O6S. The lowest BCUT2D eigenvalue weighted by Crippen LogP contribution is -2.40. The first-order valence-electron chi connectivity index (χ1n) is 9.41. The van der Waals surface area contributed by atoms with Crippen molar-refractivity contribution in [3.63, 3.8) is 0 Å². The molecule has 1 fully saturated rings. The Hall–Kier alpha value is -2.98. The molecule has 0 radical (unpaired) electrons. The smallest absolute Gasteiger partial charge is 0.309 e. The highest BCUT2D eigenvalue weighted by molar-refractivity contribution is 7.89. The summed E-state index contributed by atoms with van der Waals surface area (Å²) in [7, 11) is -2.08. The topological polar surface area (TPSA) is 115 Å². The van der Waals surface area contributed by atoms with Crippen molar-refractivity contribution >= 4 is 27.6 Å². The summed E-state index contributed by atoms with van der Waals surface area (Å²) in [4.78, 5) is 28.2. The van der Waals surface area contributed by atoms with Crippen molar-refractivity contribution in [2.45, 2.75) is 17.7 Å². The van der Waals surface area contributed by atoms with Crippen LogP contribution in [0.5, 0.6) is 5.75 Å². The second-order valence-electron chi connectivity index (χ2n) is 6.75. The Balaban J connectivity index is 1.45. The van der Waals surface area contributed by atoms with Crippen LogP contribution in [0.3, 0.4) is 0 Å². The zero-order valence-electron chi connectivity index (χ0n) is 16.5. The summed E-state index contributed by atoms with van der Waals surface area (Å²) < 4.78 is 36.7. The molecule has 1 aromatic carbocycles. The van der Waals surface area contributed by atoms with Crippen LogP contribution in [0.4, 0.5) is 5.69 Å². The highest BCUT2D eigenvalue weighted by Gasteiger charge is 2.33. The van der Waals surface area contributed by atoms with Crippen LogP contribution in [-0.2, 0) is 24.3 Å². The first kappa shape index (κ1) is 21.7. The predicted octanol–water partition coefficient (Wildman–Crippen LogP) is 1.67. The van der Waals surface area contributed by atoms with Gasteiger partial charge >= 0.3 is 5.97 Å². The monoisotopic (exact) mass is 433 g/mol. The van der Waals surface area contributed by atoms with Crippen molar-refractivity contribution in [3.8, 4) is 5.75 Å². The van der Waals surface area contributed by atoms with E-state index in [9.17, 15) is 18.0 Å². The van der Waals surface area contributed by atoms with E-state index in [1.807, 2.05) is 0 Å². The number of hydrogen-bond acceptors (Lipinski definition) is 7. The minimum Gasteiger partial charge on any atom is -0.497 e. The second kappa shape index (κ2) is 9.68. The van der Waals surface area contributed by atoms with E-state index in [0.717, 1.165) is 0 Å². The van der Waals surface area contributed by atoms with E-state index in [1.54, 1.807) is 37.4 Å². The number of esters is 1. The molecule has 0 atom stereocenters. The average Bonchev–Trinajstić information content (AvgIpc) is 2.78. The Morgan fingerprint density at radius 1 is 1.17 bits per heavy atom. The Labute approximate surface area is 175 Å². The Morgan fingerprint density at radius 3 is 2.47 bits per heavy atom. The first-order valence-corrected chi connectivity index (χ1v) is 10.8. The van der Waals surface area contributed by atoms with Gasteiger partial charge in [0.05, 0.1) is 13.0 Å². The van der Waals surface area contributed by atoms with Gasteiger partial charge in [-0.2, -0.15) is 4.31 Å². The third kappa shape index (κ3) is 5.33. The lowest BCUT2D eigenvalue weighted by molar-refractivity contribution is -0.152. The van der Waals surface area contributed by atoms with Crippen LogP contribution in [-0.4, -0.2) is 56.4 Å². The number of carbonyl (C=O) groups excluding carboxylic acids is 2. The molecule has 0 aliphatic carbocycles. The summed E-state index contributed by atoms with van der Waals surface area (Å²) in [5.41, 5.74) is 0.561. The summed E-state index contributed by atoms with van der Waals surface area (Å²) in [6.07, 6.45) is 3.47. The fourth-order valence-electron chi connectivity index (χ4n) is 3.11. The van der Waals surface area contributed by atoms with Crippen molar-refractivity contribution in [1.82, 2.24) is 9.29 Å². The number of aromatic nitrogens is 1. The number of methoxy groups -OCH3 is 1. The molecule has 1 aliphatic rings. The van der Waals surface area contributed by atoms with E-state index in [4.69, 9.17) is 9.47 Å². The third-order valence-corrected chi connectivity index (χ3v) is 6.66. The number of nitrogens with zero attached hydrogens (tertiary/aromatic N) is 2. The van der Waals surface area contributed by atoms with Gasteiger partial charge in [-0.1, -0.05) is 0 Å². The predicted molar refractivity (Wildman–Crippen MR) is 108 cm³/mol. The van der Waals surface area contributed by atoms with E-state index in [0.29, 0.717) is 24.3 Å². The normalized spacial score (nSPS) is 15.4. The number of nitrogens with one attached hydrogen (secondary N) is 1. The number of ether oxygens (including phenoxy) is 2. The molecule has 1 aliphatic heterocycles. The van der Waals surface area contributed by atoms with Crippen LogP contribution in [0.25, 0.3) is 0 Å². The van der Waals surface area contributed by atoms with Crippen molar-refractivity contribution in [3.05, 3.63) is 48.8 Å². The number of carbonyl (C=O) groups is 2. The number of sulfonamides is 1. The third-order valence-electron chi connectivity index (χ3n) is 4.78. The number of amides is 1. The number of anilines is 1. The minimum absolute atomic E-state index is 0.126.